The molecule has 0 saturated heterocycles. The van der Waals surface area contributed by atoms with E-state index in [9.17, 15) is 9.90 Å². The Morgan fingerprint density at radius 2 is 2.03 bits per heavy atom. The summed E-state index contributed by atoms with van der Waals surface area (Å²) in [7, 11) is 1.64. The molecule has 0 aliphatic carbocycles. The molecule has 3 N–H and O–H groups in total. The van der Waals surface area contributed by atoms with Crippen LogP contribution in [-0.2, 0) is 17.8 Å². The molecule has 0 amide bonds. The Labute approximate surface area is 182 Å². The molecule has 0 saturated carbocycles. The smallest absolute Gasteiger partial charge is 0.257 e. The molecular formula is C22H33N6O3+. The number of aryl methyl sites for hydroxylation is 2. The molecule has 2 atom stereocenters. The molecule has 1 unspecified atom stereocenters. The van der Waals surface area contributed by atoms with Crippen LogP contribution in [-0.4, -0.2) is 57.2 Å². The van der Waals surface area contributed by atoms with Crippen LogP contribution in [0.15, 0.2) is 23.0 Å². The Kier molecular flexibility index (Phi) is 7.53. The number of hydrogen-bond donors (Lipinski definition) is 3. The quantitative estimate of drug-likeness (QED) is 0.434. The van der Waals surface area contributed by atoms with Crippen LogP contribution in [0.3, 0.4) is 0 Å². The van der Waals surface area contributed by atoms with E-state index in [1.54, 1.807) is 11.8 Å². The second-order valence-electron chi connectivity index (χ2n) is 8.45. The maximum absolute atomic E-state index is 12.9. The molecule has 0 spiro atoms. The highest BCUT2D eigenvalue weighted by atomic mass is 16.5. The summed E-state index contributed by atoms with van der Waals surface area (Å²) < 4.78 is 6.93. The van der Waals surface area contributed by atoms with Gasteiger partial charge in [-0.25, -0.2) is 4.68 Å². The van der Waals surface area contributed by atoms with E-state index in [0.717, 1.165) is 32.8 Å². The first kappa shape index (κ1) is 23.1. The van der Waals surface area contributed by atoms with Crippen molar-refractivity contribution in [1.82, 2.24) is 25.2 Å². The SMILES string of the molecule is COCCn1nnnc1[C@@H](C(C)C)[NH+](CCO)Cc1cc2c(C)cc(C)cc2[nH]c1=O. The third-order valence-corrected chi connectivity index (χ3v) is 5.69. The van der Waals surface area contributed by atoms with Gasteiger partial charge in [0.1, 0.15) is 13.1 Å². The Balaban J connectivity index is 2.00. The van der Waals surface area contributed by atoms with E-state index in [0.29, 0.717) is 31.8 Å². The van der Waals surface area contributed by atoms with Crippen LogP contribution in [0.5, 0.6) is 0 Å². The number of tetrazole rings is 1. The van der Waals surface area contributed by atoms with Crippen molar-refractivity contribution in [2.75, 3.05) is 26.9 Å². The van der Waals surface area contributed by atoms with Crippen LogP contribution in [0.4, 0.5) is 0 Å². The Bertz CT molecular complexity index is 1070. The number of aliphatic hydroxyl groups excluding tert-OH is 1. The first-order valence-corrected chi connectivity index (χ1v) is 10.7. The van der Waals surface area contributed by atoms with Gasteiger partial charge in [0.2, 0.25) is 5.82 Å². The molecule has 3 rings (SSSR count). The summed E-state index contributed by atoms with van der Waals surface area (Å²) >= 11 is 0. The lowest BCUT2D eigenvalue weighted by atomic mass is 10.00. The lowest BCUT2D eigenvalue weighted by Gasteiger charge is -2.30. The van der Waals surface area contributed by atoms with Gasteiger partial charge >= 0.3 is 0 Å². The zero-order chi connectivity index (χ0) is 22.5. The fourth-order valence-electron chi connectivity index (χ4n) is 4.31. The number of aliphatic hydroxyl groups is 1. The van der Waals surface area contributed by atoms with Crippen molar-refractivity contribution < 1.29 is 14.7 Å². The fourth-order valence-corrected chi connectivity index (χ4v) is 4.31. The highest BCUT2D eigenvalue weighted by Crippen LogP contribution is 2.19. The molecule has 0 bridgehead atoms. The van der Waals surface area contributed by atoms with Crippen molar-refractivity contribution in [3.63, 3.8) is 0 Å². The van der Waals surface area contributed by atoms with E-state index >= 15 is 0 Å². The maximum atomic E-state index is 12.9. The summed E-state index contributed by atoms with van der Waals surface area (Å²) in [5, 5.41) is 23.1. The number of H-pyrrole nitrogens is 1. The van der Waals surface area contributed by atoms with Gasteiger partial charge in [0, 0.05) is 23.9 Å². The van der Waals surface area contributed by atoms with E-state index in [1.807, 2.05) is 19.1 Å². The Morgan fingerprint density at radius 1 is 1.26 bits per heavy atom. The number of hydrogen-bond acceptors (Lipinski definition) is 6. The van der Waals surface area contributed by atoms with Gasteiger partial charge < -0.3 is 19.7 Å². The van der Waals surface area contributed by atoms with Gasteiger partial charge in [-0.15, -0.1) is 5.10 Å². The molecule has 31 heavy (non-hydrogen) atoms. The van der Waals surface area contributed by atoms with Crippen LogP contribution in [0, 0.1) is 19.8 Å². The molecule has 0 fully saturated rings. The van der Waals surface area contributed by atoms with Gasteiger partial charge in [-0.3, -0.25) is 4.79 Å². The van der Waals surface area contributed by atoms with Crippen molar-refractivity contribution in [2.45, 2.75) is 46.8 Å². The van der Waals surface area contributed by atoms with Crippen molar-refractivity contribution in [1.29, 1.82) is 0 Å². The zero-order valence-electron chi connectivity index (χ0n) is 19.0. The molecule has 0 radical (unpaired) electrons. The number of aromatic nitrogens is 5. The molecule has 2 aromatic heterocycles. The minimum Gasteiger partial charge on any atom is -0.391 e. The largest absolute Gasteiger partial charge is 0.391 e. The van der Waals surface area contributed by atoms with Crippen LogP contribution in [0.1, 0.15) is 42.4 Å². The monoisotopic (exact) mass is 429 g/mol. The van der Waals surface area contributed by atoms with Gasteiger partial charge in [-0.1, -0.05) is 19.9 Å². The van der Waals surface area contributed by atoms with Crippen molar-refractivity contribution in [3.8, 4) is 0 Å². The average Bonchev–Trinajstić information content (AvgIpc) is 3.15. The van der Waals surface area contributed by atoms with E-state index < -0.39 is 0 Å². The number of aromatic amines is 1. The van der Waals surface area contributed by atoms with Crippen molar-refractivity contribution >= 4 is 10.9 Å². The molecule has 0 aliphatic rings. The molecule has 0 aliphatic heterocycles. The zero-order valence-corrected chi connectivity index (χ0v) is 19.0. The number of methoxy groups -OCH3 is 1. The number of fused-ring (bicyclic) bond motifs is 1. The van der Waals surface area contributed by atoms with Gasteiger partial charge in [0.25, 0.3) is 5.56 Å². The molecule has 1 aromatic carbocycles. The van der Waals surface area contributed by atoms with Gasteiger partial charge in [-0.2, -0.15) is 0 Å². The standard InChI is InChI=1S/C22H32N6O3/c1-14(2)20(21-24-25-26-28(21)7-9-31-5)27(6-8-29)13-17-12-18-16(4)10-15(3)11-19(18)23-22(17)30/h10-12,14,20,29H,6-9,13H2,1-5H3,(H,23,30)/p+1/t20-/m1/s1. The summed E-state index contributed by atoms with van der Waals surface area (Å²) in [6.45, 7) is 10.3. The third-order valence-electron chi connectivity index (χ3n) is 5.69. The van der Waals surface area contributed by atoms with Crippen LogP contribution in [0.25, 0.3) is 10.9 Å². The second-order valence-corrected chi connectivity index (χ2v) is 8.45. The maximum Gasteiger partial charge on any atom is 0.257 e. The predicted octanol–water partition coefficient (Wildman–Crippen LogP) is 0.552. The van der Waals surface area contributed by atoms with E-state index in [-0.39, 0.29) is 24.1 Å². The Hall–Kier alpha value is -2.62. The Morgan fingerprint density at radius 3 is 2.71 bits per heavy atom. The lowest BCUT2D eigenvalue weighted by Crippen LogP contribution is -3.12. The average molecular weight is 430 g/mol. The van der Waals surface area contributed by atoms with Gasteiger partial charge in [0.15, 0.2) is 6.04 Å². The van der Waals surface area contributed by atoms with Crippen LogP contribution >= 0.6 is 0 Å². The number of nitrogens with zero attached hydrogens (tertiary/aromatic N) is 4. The van der Waals surface area contributed by atoms with E-state index in [1.165, 1.54) is 0 Å². The minimum atomic E-state index is -0.102. The third kappa shape index (κ3) is 5.17. The lowest BCUT2D eigenvalue weighted by molar-refractivity contribution is -0.950. The molecule has 9 nitrogen and oxygen atoms in total. The number of nitrogens with one attached hydrogen (secondary N) is 2. The van der Waals surface area contributed by atoms with Crippen molar-refractivity contribution in [3.05, 3.63) is 51.1 Å². The normalized spacial score (nSPS) is 13.8. The number of quaternary nitrogens is 1. The summed E-state index contributed by atoms with van der Waals surface area (Å²) in [6.07, 6.45) is 0. The first-order chi connectivity index (χ1) is 14.8. The predicted molar refractivity (Wildman–Crippen MR) is 118 cm³/mol. The summed E-state index contributed by atoms with van der Waals surface area (Å²) in [6, 6.07) is 6.00. The fraction of sp³-hybridized carbons (Fsp3) is 0.545. The van der Waals surface area contributed by atoms with Crippen LogP contribution in [0.2, 0.25) is 0 Å². The highest BCUT2D eigenvalue weighted by Gasteiger charge is 2.33. The first-order valence-electron chi connectivity index (χ1n) is 10.7. The van der Waals surface area contributed by atoms with Crippen LogP contribution < -0.4 is 10.5 Å². The number of rotatable bonds is 10. The minimum absolute atomic E-state index is 0.00188. The number of pyridine rings is 1. The summed E-state index contributed by atoms with van der Waals surface area (Å²) in [5.74, 6) is 0.928. The second kappa shape index (κ2) is 10.1. The summed E-state index contributed by atoms with van der Waals surface area (Å²) in [5.41, 5.74) is 3.67. The molecule has 9 heteroatoms. The van der Waals surface area contributed by atoms with Crippen molar-refractivity contribution in [2.24, 2.45) is 5.92 Å². The molecule has 3 aromatic rings. The van der Waals surface area contributed by atoms with E-state index in [4.69, 9.17) is 4.74 Å². The molecule has 2 heterocycles. The number of benzene rings is 1. The molecule has 168 valence electrons. The highest BCUT2D eigenvalue weighted by molar-refractivity contribution is 5.83. The van der Waals surface area contributed by atoms with E-state index in [2.05, 4.69) is 47.3 Å². The molecular weight excluding hydrogens is 396 g/mol. The topological polar surface area (TPSA) is 110 Å². The number of ether oxygens (including phenoxy) is 1. The van der Waals surface area contributed by atoms with Gasteiger partial charge in [-0.05, 0) is 47.5 Å². The summed E-state index contributed by atoms with van der Waals surface area (Å²) in [4.78, 5) is 17.0. The van der Waals surface area contributed by atoms with Gasteiger partial charge in [0.05, 0.1) is 25.3 Å².